The van der Waals surface area contributed by atoms with Crippen molar-refractivity contribution in [2.24, 2.45) is 0 Å². The molecule has 90 valence electrons. The molecule has 2 aromatic rings. The van der Waals surface area contributed by atoms with Crippen molar-refractivity contribution >= 4 is 28.7 Å². The van der Waals surface area contributed by atoms with Gasteiger partial charge in [-0.2, -0.15) is 0 Å². The summed E-state index contributed by atoms with van der Waals surface area (Å²) >= 11 is 1.74. The van der Waals surface area contributed by atoms with Gasteiger partial charge in [0.2, 0.25) is 0 Å². The highest BCUT2D eigenvalue weighted by Crippen LogP contribution is 2.28. The summed E-state index contributed by atoms with van der Waals surface area (Å²) in [5.41, 5.74) is 11.9. The van der Waals surface area contributed by atoms with E-state index in [1.165, 1.54) is 4.88 Å². The quantitative estimate of drug-likeness (QED) is 0.875. The van der Waals surface area contributed by atoms with Gasteiger partial charge in [0.15, 0.2) is 0 Å². The smallest absolute Gasteiger partial charge is 0.149 e. The summed E-state index contributed by atoms with van der Waals surface area (Å²) in [5, 5.41) is 2.07. The lowest BCUT2D eigenvalue weighted by molar-refractivity contribution is 0.743. The first kappa shape index (κ1) is 11.7. The molecule has 1 unspecified atom stereocenters. The molecular formula is C12H16N4S. The van der Waals surface area contributed by atoms with Crippen molar-refractivity contribution < 1.29 is 0 Å². The minimum absolute atomic E-state index is 0.269. The van der Waals surface area contributed by atoms with E-state index in [1.807, 2.05) is 13.1 Å². The average molecular weight is 248 g/mol. The molecule has 1 atom stereocenters. The van der Waals surface area contributed by atoms with Crippen LogP contribution in [0.2, 0.25) is 0 Å². The fraction of sp³-hybridized carbons (Fsp3) is 0.250. The molecule has 2 aromatic heterocycles. The molecule has 17 heavy (non-hydrogen) atoms. The van der Waals surface area contributed by atoms with E-state index in [0.29, 0.717) is 11.5 Å². The first-order valence-electron chi connectivity index (χ1n) is 5.38. The highest BCUT2D eigenvalue weighted by atomic mass is 32.1. The summed E-state index contributed by atoms with van der Waals surface area (Å²) in [6.07, 6.45) is 0. The van der Waals surface area contributed by atoms with E-state index in [-0.39, 0.29) is 6.04 Å². The van der Waals surface area contributed by atoms with Crippen LogP contribution < -0.4 is 16.4 Å². The second-order valence-corrected chi connectivity index (χ2v) is 4.93. The van der Waals surface area contributed by atoms with Gasteiger partial charge in [-0.15, -0.1) is 11.3 Å². The zero-order chi connectivity index (χ0) is 12.4. The SMILES string of the molecule is CC(c1cccs1)N(C)c1ccc(N)c(N)n1. The van der Waals surface area contributed by atoms with Crippen molar-refractivity contribution in [2.45, 2.75) is 13.0 Å². The Labute approximate surface area is 105 Å². The van der Waals surface area contributed by atoms with Crippen molar-refractivity contribution in [1.29, 1.82) is 0 Å². The Hall–Kier alpha value is -1.75. The molecular weight excluding hydrogens is 232 g/mol. The molecule has 2 heterocycles. The Morgan fingerprint density at radius 1 is 1.29 bits per heavy atom. The lowest BCUT2D eigenvalue weighted by Gasteiger charge is -2.25. The van der Waals surface area contributed by atoms with Crippen molar-refractivity contribution in [1.82, 2.24) is 4.98 Å². The number of nitrogens with zero attached hydrogens (tertiary/aromatic N) is 2. The summed E-state index contributed by atoms with van der Waals surface area (Å²) in [5.74, 6) is 1.21. The highest BCUT2D eigenvalue weighted by Gasteiger charge is 2.14. The first-order valence-corrected chi connectivity index (χ1v) is 6.26. The molecule has 0 saturated heterocycles. The van der Waals surface area contributed by atoms with Crippen molar-refractivity contribution in [3.8, 4) is 0 Å². The summed E-state index contributed by atoms with van der Waals surface area (Å²) in [7, 11) is 2.00. The number of hydrogen-bond donors (Lipinski definition) is 2. The molecule has 0 aromatic carbocycles. The van der Waals surface area contributed by atoms with E-state index >= 15 is 0 Å². The molecule has 4 N–H and O–H groups in total. The molecule has 0 aliphatic rings. The van der Waals surface area contributed by atoms with Crippen LogP contribution in [0.4, 0.5) is 17.3 Å². The van der Waals surface area contributed by atoms with Crippen LogP contribution in [-0.4, -0.2) is 12.0 Å². The molecule has 2 rings (SSSR count). The Morgan fingerprint density at radius 2 is 2.06 bits per heavy atom. The molecule has 0 bridgehead atoms. The summed E-state index contributed by atoms with van der Waals surface area (Å²) in [6, 6.07) is 8.11. The van der Waals surface area contributed by atoms with Gasteiger partial charge in [-0.3, -0.25) is 0 Å². The topological polar surface area (TPSA) is 68.2 Å². The lowest BCUT2D eigenvalue weighted by atomic mass is 10.2. The van der Waals surface area contributed by atoms with Crippen LogP contribution in [-0.2, 0) is 0 Å². The third-order valence-electron chi connectivity index (χ3n) is 2.84. The largest absolute Gasteiger partial charge is 0.396 e. The number of anilines is 3. The fourth-order valence-corrected chi connectivity index (χ4v) is 2.42. The van der Waals surface area contributed by atoms with E-state index in [4.69, 9.17) is 11.5 Å². The van der Waals surface area contributed by atoms with Crippen LogP contribution in [0.3, 0.4) is 0 Å². The molecule has 0 radical (unpaired) electrons. The predicted octanol–water partition coefficient (Wildman–Crippen LogP) is 2.50. The van der Waals surface area contributed by atoms with Gasteiger partial charge in [0.25, 0.3) is 0 Å². The van der Waals surface area contributed by atoms with Gasteiger partial charge < -0.3 is 16.4 Å². The van der Waals surface area contributed by atoms with Gasteiger partial charge in [0.1, 0.15) is 11.6 Å². The van der Waals surface area contributed by atoms with E-state index in [0.717, 1.165) is 5.82 Å². The molecule has 0 aliphatic carbocycles. The highest BCUT2D eigenvalue weighted by molar-refractivity contribution is 7.10. The van der Waals surface area contributed by atoms with Gasteiger partial charge in [-0.1, -0.05) is 6.07 Å². The van der Waals surface area contributed by atoms with Crippen molar-refractivity contribution in [2.75, 3.05) is 23.4 Å². The number of aromatic nitrogens is 1. The van der Waals surface area contributed by atoms with Gasteiger partial charge in [0.05, 0.1) is 11.7 Å². The number of hydrogen-bond acceptors (Lipinski definition) is 5. The predicted molar refractivity (Wildman–Crippen MR) is 74.2 cm³/mol. The van der Waals surface area contributed by atoms with E-state index in [1.54, 1.807) is 17.4 Å². The minimum atomic E-state index is 0.269. The molecule has 0 amide bonds. The Bertz CT molecular complexity index is 495. The Kier molecular flexibility index (Phi) is 3.19. The van der Waals surface area contributed by atoms with Crippen molar-refractivity contribution in [3.63, 3.8) is 0 Å². The number of nitrogen functional groups attached to an aromatic ring is 2. The maximum absolute atomic E-state index is 5.72. The summed E-state index contributed by atoms with van der Waals surface area (Å²) in [4.78, 5) is 7.67. The molecule has 0 spiro atoms. The van der Waals surface area contributed by atoms with Gasteiger partial charge in [-0.25, -0.2) is 4.98 Å². The molecule has 0 aliphatic heterocycles. The van der Waals surface area contributed by atoms with E-state index in [2.05, 4.69) is 34.3 Å². The number of pyridine rings is 1. The molecule has 4 nitrogen and oxygen atoms in total. The van der Waals surface area contributed by atoms with Gasteiger partial charge in [-0.05, 0) is 30.5 Å². The van der Waals surface area contributed by atoms with E-state index < -0.39 is 0 Å². The zero-order valence-corrected chi connectivity index (χ0v) is 10.7. The van der Waals surface area contributed by atoms with Crippen LogP contribution in [0.1, 0.15) is 17.8 Å². The number of nitrogens with two attached hydrogens (primary N) is 2. The van der Waals surface area contributed by atoms with Crippen LogP contribution in [0.15, 0.2) is 29.6 Å². The van der Waals surface area contributed by atoms with Crippen LogP contribution in [0, 0.1) is 0 Å². The standard InChI is InChI=1S/C12H16N4S/c1-8(10-4-3-7-17-10)16(2)11-6-5-9(13)12(14)15-11/h3-8H,13H2,1-2H3,(H2,14,15). The first-order chi connectivity index (χ1) is 8.09. The minimum Gasteiger partial charge on any atom is -0.396 e. The number of rotatable bonds is 3. The van der Waals surface area contributed by atoms with Gasteiger partial charge >= 0.3 is 0 Å². The van der Waals surface area contributed by atoms with Crippen LogP contribution >= 0.6 is 11.3 Å². The number of thiophene rings is 1. The monoisotopic (exact) mass is 248 g/mol. The second kappa shape index (κ2) is 4.63. The van der Waals surface area contributed by atoms with Gasteiger partial charge in [0, 0.05) is 11.9 Å². The normalized spacial score (nSPS) is 12.4. The van der Waals surface area contributed by atoms with Crippen molar-refractivity contribution in [3.05, 3.63) is 34.5 Å². The fourth-order valence-electron chi connectivity index (χ4n) is 1.59. The molecule has 5 heteroatoms. The van der Waals surface area contributed by atoms with Crippen LogP contribution in [0.5, 0.6) is 0 Å². The Morgan fingerprint density at radius 3 is 2.65 bits per heavy atom. The Balaban J connectivity index is 2.24. The maximum Gasteiger partial charge on any atom is 0.149 e. The molecule has 0 fully saturated rings. The second-order valence-electron chi connectivity index (χ2n) is 3.95. The summed E-state index contributed by atoms with van der Waals surface area (Å²) < 4.78 is 0. The third-order valence-corrected chi connectivity index (χ3v) is 3.88. The maximum atomic E-state index is 5.72. The third kappa shape index (κ3) is 2.34. The van der Waals surface area contributed by atoms with Crippen LogP contribution in [0.25, 0.3) is 0 Å². The molecule has 0 saturated carbocycles. The van der Waals surface area contributed by atoms with E-state index in [9.17, 15) is 0 Å². The average Bonchev–Trinajstić information content (AvgIpc) is 2.84. The zero-order valence-electron chi connectivity index (χ0n) is 9.92. The lowest BCUT2D eigenvalue weighted by Crippen LogP contribution is -2.22. The summed E-state index contributed by atoms with van der Waals surface area (Å²) in [6.45, 7) is 2.14.